The summed E-state index contributed by atoms with van der Waals surface area (Å²) < 4.78 is 24.1. The number of hydrogen-bond acceptors (Lipinski definition) is 6. The van der Waals surface area contributed by atoms with Gasteiger partial charge in [-0.15, -0.1) is 11.3 Å². The van der Waals surface area contributed by atoms with Crippen LogP contribution >= 0.6 is 34.3 Å². The van der Waals surface area contributed by atoms with Gasteiger partial charge in [0.2, 0.25) is 0 Å². The van der Waals surface area contributed by atoms with Crippen molar-refractivity contribution in [1.82, 2.24) is 4.98 Å². The van der Waals surface area contributed by atoms with E-state index in [0.717, 1.165) is 16.7 Å². The van der Waals surface area contributed by atoms with Crippen molar-refractivity contribution in [2.75, 3.05) is 11.6 Å². The fourth-order valence-electron chi connectivity index (χ4n) is 2.58. The van der Waals surface area contributed by atoms with Crippen LogP contribution in [0.25, 0.3) is 20.7 Å². The molecule has 0 unspecified atom stereocenters. The molecule has 4 aromatic rings. The number of thiophene rings is 1. The molecule has 4 rings (SSSR count). The van der Waals surface area contributed by atoms with E-state index in [1.54, 1.807) is 18.2 Å². The topological polar surface area (TPSA) is 76.1 Å². The Morgan fingerprint density at radius 1 is 1.04 bits per heavy atom. The first-order chi connectivity index (χ1) is 13.3. The molecular formula is C19H13ClN2O3S3. The molecule has 0 atom stereocenters. The second-order valence-electron chi connectivity index (χ2n) is 6.05. The van der Waals surface area contributed by atoms with Crippen molar-refractivity contribution in [1.29, 1.82) is 0 Å². The number of anilines is 1. The van der Waals surface area contributed by atoms with Crippen LogP contribution in [0.1, 0.15) is 9.67 Å². The summed E-state index contributed by atoms with van der Waals surface area (Å²) in [6.45, 7) is 0. The molecule has 0 saturated heterocycles. The van der Waals surface area contributed by atoms with Gasteiger partial charge in [-0.25, -0.2) is 13.4 Å². The normalized spacial score (nSPS) is 11.6. The van der Waals surface area contributed by atoms with Crippen LogP contribution in [0.4, 0.5) is 5.13 Å². The molecule has 0 aliphatic carbocycles. The van der Waals surface area contributed by atoms with E-state index >= 15 is 0 Å². The number of sulfone groups is 1. The zero-order chi connectivity index (χ0) is 19.9. The lowest BCUT2D eigenvalue weighted by atomic mass is 10.2. The molecule has 1 amide bonds. The molecule has 1 N–H and O–H groups in total. The van der Waals surface area contributed by atoms with Gasteiger partial charge in [0.05, 0.1) is 20.0 Å². The third-order valence-electron chi connectivity index (χ3n) is 3.97. The van der Waals surface area contributed by atoms with Crippen LogP contribution in [0.3, 0.4) is 0 Å². The molecule has 0 spiro atoms. The number of benzene rings is 2. The molecule has 0 radical (unpaired) electrons. The number of carbonyl (C=O) groups excluding carboxylic acids is 1. The van der Waals surface area contributed by atoms with Crippen molar-refractivity contribution in [2.24, 2.45) is 0 Å². The summed E-state index contributed by atoms with van der Waals surface area (Å²) in [4.78, 5) is 18.7. The van der Waals surface area contributed by atoms with E-state index in [0.29, 0.717) is 25.2 Å². The van der Waals surface area contributed by atoms with Gasteiger partial charge in [0, 0.05) is 16.2 Å². The summed E-state index contributed by atoms with van der Waals surface area (Å²) in [6, 6.07) is 15.8. The number of nitrogens with one attached hydrogen (secondary N) is 1. The number of rotatable bonds is 4. The summed E-state index contributed by atoms with van der Waals surface area (Å²) in [7, 11) is -3.29. The van der Waals surface area contributed by atoms with Crippen molar-refractivity contribution >= 4 is 65.4 Å². The van der Waals surface area contributed by atoms with E-state index in [9.17, 15) is 13.2 Å². The second-order valence-corrected chi connectivity index (χ2v) is 10.6. The first kappa shape index (κ1) is 19.1. The van der Waals surface area contributed by atoms with Gasteiger partial charge in [0.15, 0.2) is 15.0 Å². The third-order valence-corrected chi connectivity index (χ3v) is 7.40. The predicted molar refractivity (Wildman–Crippen MR) is 115 cm³/mol. The highest BCUT2D eigenvalue weighted by Gasteiger charge is 2.15. The molecule has 0 aliphatic heterocycles. The number of halogens is 1. The Balaban J connectivity index is 1.56. The van der Waals surface area contributed by atoms with Gasteiger partial charge in [-0.3, -0.25) is 10.1 Å². The van der Waals surface area contributed by atoms with E-state index in [1.807, 2.05) is 30.3 Å². The Hall–Kier alpha value is -2.26. The molecule has 5 nitrogen and oxygen atoms in total. The highest BCUT2D eigenvalue weighted by Crippen LogP contribution is 2.31. The maximum Gasteiger partial charge on any atom is 0.267 e. The van der Waals surface area contributed by atoms with Crippen molar-refractivity contribution in [3.63, 3.8) is 0 Å². The number of fused-ring (bicyclic) bond motifs is 1. The van der Waals surface area contributed by atoms with Gasteiger partial charge >= 0.3 is 0 Å². The van der Waals surface area contributed by atoms with Crippen molar-refractivity contribution in [2.45, 2.75) is 4.90 Å². The van der Waals surface area contributed by atoms with Crippen molar-refractivity contribution < 1.29 is 13.2 Å². The van der Waals surface area contributed by atoms with Gasteiger partial charge in [0.25, 0.3) is 5.91 Å². The average molecular weight is 449 g/mol. The first-order valence-corrected chi connectivity index (χ1v) is 12.0. The van der Waals surface area contributed by atoms with Gasteiger partial charge in [0.1, 0.15) is 0 Å². The summed E-state index contributed by atoms with van der Waals surface area (Å²) in [6.07, 6.45) is 1.16. The van der Waals surface area contributed by atoms with Crippen molar-refractivity contribution in [3.8, 4) is 10.4 Å². The second kappa shape index (κ2) is 7.29. The van der Waals surface area contributed by atoms with Gasteiger partial charge < -0.3 is 0 Å². The molecular weight excluding hydrogens is 436 g/mol. The Labute approximate surface area is 174 Å². The smallest absolute Gasteiger partial charge is 0.267 e. The Bertz CT molecular complexity index is 1290. The van der Waals surface area contributed by atoms with Gasteiger partial charge in [-0.05, 0) is 48.0 Å². The quantitative estimate of drug-likeness (QED) is 0.457. The van der Waals surface area contributed by atoms with Crippen LogP contribution < -0.4 is 5.32 Å². The molecule has 28 heavy (non-hydrogen) atoms. The van der Waals surface area contributed by atoms with E-state index < -0.39 is 9.84 Å². The van der Waals surface area contributed by atoms with Crippen LogP contribution in [0.15, 0.2) is 59.5 Å². The third kappa shape index (κ3) is 3.95. The standard InChI is InChI=1S/C19H13ClN2O3S3/c1-28(24,25)13-6-7-14-17(10-13)27-19(21-14)22-18(23)16-9-8-15(26-16)11-2-4-12(20)5-3-11/h2-10H,1H3,(H,21,22,23). The zero-order valence-electron chi connectivity index (χ0n) is 14.5. The zero-order valence-corrected chi connectivity index (χ0v) is 17.7. The maximum atomic E-state index is 12.6. The highest BCUT2D eigenvalue weighted by atomic mass is 35.5. The molecule has 0 bridgehead atoms. The molecule has 2 heterocycles. The minimum absolute atomic E-state index is 0.229. The highest BCUT2D eigenvalue weighted by molar-refractivity contribution is 7.90. The van der Waals surface area contributed by atoms with Crippen molar-refractivity contribution in [3.05, 3.63) is 64.5 Å². The number of aromatic nitrogens is 1. The number of amides is 1. The minimum atomic E-state index is -3.29. The van der Waals surface area contributed by atoms with Crippen LogP contribution in [0.5, 0.6) is 0 Å². The number of thiazole rings is 1. The predicted octanol–water partition coefficient (Wildman–Crippen LogP) is 5.33. The Kier molecular flexibility index (Phi) is 4.96. The van der Waals surface area contributed by atoms with E-state index in [-0.39, 0.29) is 10.8 Å². The molecule has 142 valence electrons. The first-order valence-electron chi connectivity index (χ1n) is 8.07. The number of hydrogen-bond donors (Lipinski definition) is 1. The van der Waals surface area contributed by atoms with Gasteiger partial charge in [-0.1, -0.05) is 35.1 Å². The molecule has 0 fully saturated rings. The lowest BCUT2D eigenvalue weighted by Gasteiger charge is -1.98. The molecule has 2 aromatic carbocycles. The molecule has 9 heteroatoms. The van der Waals surface area contributed by atoms with Crippen LogP contribution in [0.2, 0.25) is 5.02 Å². The maximum absolute atomic E-state index is 12.6. The summed E-state index contributed by atoms with van der Waals surface area (Å²) >= 11 is 8.53. The Morgan fingerprint density at radius 3 is 2.50 bits per heavy atom. The summed E-state index contributed by atoms with van der Waals surface area (Å²) in [5, 5.41) is 3.87. The van der Waals surface area contributed by atoms with E-state index in [1.165, 1.54) is 28.7 Å². The lowest BCUT2D eigenvalue weighted by molar-refractivity contribution is 0.103. The van der Waals surface area contributed by atoms with Crippen LogP contribution in [-0.2, 0) is 9.84 Å². The average Bonchev–Trinajstić information content (AvgIpc) is 3.27. The van der Waals surface area contributed by atoms with E-state index in [4.69, 9.17) is 11.6 Å². The fraction of sp³-hybridized carbons (Fsp3) is 0.0526. The molecule has 0 saturated carbocycles. The minimum Gasteiger partial charge on any atom is -0.297 e. The number of nitrogens with zero attached hydrogens (tertiary/aromatic N) is 1. The largest absolute Gasteiger partial charge is 0.297 e. The monoisotopic (exact) mass is 448 g/mol. The number of carbonyl (C=O) groups is 1. The van der Waals surface area contributed by atoms with Crippen LogP contribution in [-0.4, -0.2) is 25.6 Å². The van der Waals surface area contributed by atoms with E-state index in [2.05, 4.69) is 10.3 Å². The SMILES string of the molecule is CS(=O)(=O)c1ccc2nc(NC(=O)c3ccc(-c4ccc(Cl)cc4)s3)sc2c1. The van der Waals surface area contributed by atoms with Crippen LogP contribution in [0, 0.1) is 0 Å². The summed E-state index contributed by atoms with van der Waals surface area (Å²) in [5.41, 5.74) is 1.63. The fourth-order valence-corrected chi connectivity index (χ4v) is 5.23. The lowest BCUT2D eigenvalue weighted by Crippen LogP contribution is -2.09. The molecule has 2 aromatic heterocycles. The molecule has 0 aliphatic rings. The Morgan fingerprint density at radius 2 is 1.79 bits per heavy atom. The van der Waals surface area contributed by atoms with Gasteiger partial charge in [-0.2, -0.15) is 0 Å². The summed E-state index contributed by atoms with van der Waals surface area (Å²) in [5.74, 6) is -0.257.